The van der Waals surface area contributed by atoms with Gasteiger partial charge in [0, 0.05) is 11.6 Å². The van der Waals surface area contributed by atoms with Crippen molar-refractivity contribution >= 4 is 34.2 Å². The second kappa shape index (κ2) is 6.59. The van der Waals surface area contributed by atoms with Crippen LogP contribution in [0.25, 0.3) is 0 Å². The van der Waals surface area contributed by atoms with Crippen molar-refractivity contribution in [2.75, 3.05) is 6.61 Å². The van der Waals surface area contributed by atoms with E-state index in [0.717, 1.165) is 34.8 Å². The van der Waals surface area contributed by atoms with E-state index >= 15 is 0 Å². The lowest BCUT2D eigenvalue weighted by Crippen LogP contribution is -2.35. The SMILES string of the molecule is CC1=Nc2c(c(=O)[nH]n2[C@H]2CCOC(C)(C)C2)[C@H](c2ccc(Cl)cc2)S1. The van der Waals surface area contributed by atoms with Gasteiger partial charge in [0.15, 0.2) is 5.82 Å². The van der Waals surface area contributed by atoms with Crippen LogP contribution in [0, 0.1) is 0 Å². The summed E-state index contributed by atoms with van der Waals surface area (Å²) in [4.78, 5) is 17.6. The van der Waals surface area contributed by atoms with E-state index in [1.165, 1.54) is 0 Å². The third-order valence-electron chi connectivity index (χ3n) is 4.96. The van der Waals surface area contributed by atoms with Gasteiger partial charge in [-0.05, 0) is 51.3 Å². The number of nitrogens with one attached hydrogen (secondary N) is 1. The van der Waals surface area contributed by atoms with Crippen LogP contribution in [-0.2, 0) is 4.74 Å². The Hall–Kier alpha value is -1.50. The van der Waals surface area contributed by atoms with Crippen LogP contribution in [0.2, 0.25) is 5.02 Å². The summed E-state index contributed by atoms with van der Waals surface area (Å²) >= 11 is 7.64. The quantitative estimate of drug-likeness (QED) is 0.796. The molecule has 1 N–H and O–H groups in total. The van der Waals surface area contributed by atoms with E-state index in [-0.39, 0.29) is 22.5 Å². The van der Waals surface area contributed by atoms with Crippen molar-refractivity contribution in [1.29, 1.82) is 0 Å². The summed E-state index contributed by atoms with van der Waals surface area (Å²) in [6, 6.07) is 7.88. The number of thioether (sulfide) groups is 1. The molecule has 7 heteroatoms. The zero-order valence-electron chi connectivity index (χ0n) is 15.1. The van der Waals surface area contributed by atoms with Gasteiger partial charge in [-0.25, -0.2) is 4.99 Å². The topological polar surface area (TPSA) is 59.4 Å². The first kappa shape index (κ1) is 17.9. The molecule has 3 heterocycles. The van der Waals surface area contributed by atoms with Crippen molar-refractivity contribution in [1.82, 2.24) is 9.78 Å². The van der Waals surface area contributed by atoms with Gasteiger partial charge in [0.2, 0.25) is 0 Å². The Bertz CT molecular complexity index is 914. The minimum Gasteiger partial charge on any atom is -0.375 e. The molecule has 1 aromatic heterocycles. The smallest absolute Gasteiger partial charge is 0.271 e. The Labute approximate surface area is 161 Å². The predicted molar refractivity (Wildman–Crippen MR) is 107 cm³/mol. The van der Waals surface area contributed by atoms with Crippen molar-refractivity contribution < 1.29 is 4.74 Å². The Morgan fingerprint density at radius 2 is 2.08 bits per heavy atom. The third kappa shape index (κ3) is 3.26. The summed E-state index contributed by atoms with van der Waals surface area (Å²) in [6.45, 7) is 6.86. The van der Waals surface area contributed by atoms with E-state index < -0.39 is 0 Å². The van der Waals surface area contributed by atoms with Crippen molar-refractivity contribution in [3.05, 3.63) is 50.8 Å². The van der Waals surface area contributed by atoms with Gasteiger partial charge in [0.25, 0.3) is 5.56 Å². The highest BCUT2D eigenvalue weighted by Crippen LogP contribution is 2.45. The predicted octanol–water partition coefficient (Wildman–Crippen LogP) is 4.85. The highest BCUT2D eigenvalue weighted by molar-refractivity contribution is 8.14. The molecule has 138 valence electrons. The molecule has 0 radical (unpaired) electrons. The van der Waals surface area contributed by atoms with Crippen molar-refractivity contribution in [2.24, 2.45) is 4.99 Å². The van der Waals surface area contributed by atoms with Gasteiger partial charge in [-0.3, -0.25) is 14.6 Å². The fourth-order valence-electron chi connectivity index (χ4n) is 3.77. The van der Waals surface area contributed by atoms with E-state index in [2.05, 4.69) is 18.9 Å². The Morgan fingerprint density at radius 1 is 1.35 bits per heavy atom. The average molecular weight is 392 g/mol. The maximum absolute atomic E-state index is 12.8. The molecule has 1 fully saturated rings. The normalized spacial score (nSPS) is 24.8. The fourth-order valence-corrected chi connectivity index (χ4v) is 5.00. The number of fused-ring (bicyclic) bond motifs is 1. The molecule has 0 unspecified atom stereocenters. The standard InChI is InChI=1S/C19H22ClN3O2S/c1-11-21-17-15(16(26-11)12-4-6-13(20)7-5-12)18(24)22-23(17)14-8-9-25-19(2,3)10-14/h4-7,14,16H,8-10H2,1-3H3,(H,22,24)/t14-,16-/m0/s1. The molecular weight excluding hydrogens is 370 g/mol. The van der Waals surface area contributed by atoms with E-state index in [1.807, 2.05) is 35.9 Å². The first-order valence-corrected chi connectivity index (χ1v) is 10.1. The first-order chi connectivity index (χ1) is 12.3. The molecule has 4 rings (SSSR count). The minimum atomic E-state index is -0.200. The van der Waals surface area contributed by atoms with Gasteiger partial charge >= 0.3 is 0 Å². The summed E-state index contributed by atoms with van der Waals surface area (Å²) in [7, 11) is 0. The summed E-state index contributed by atoms with van der Waals surface area (Å²) in [5.74, 6) is 0.758. The number of H-pyrrole nitrogens is 1. The molecule has 0 spiro atoms. The van der Waals surface area contributed by atoms with Crippen LogP contribution < -0.4 is 5.56 Å². The van der Waals surface area contributed by atoms with Crippen molar-refractivity contribution in [3.63, 3.8) is 0 Å². The maximum atomic E-state index is 12.8. The summed E-state index contributed by atoms with van der Waals surface area (Å²) < 4.78 is 7.80. The molecule has 2 aromatic rings. The number of hydrogen-bond donors (Lipinski definition) is 1. The van der Waals surface area contributed by atoms with Crippen LogP contribution in [0.15, 0.2) is 34.1 Å². The van der Waals surface area contributed by atoms with E-state index in [9.17, 15) is 4.79 Å². The molecule has 2 atom stereocenters. The molecule has 2 aliphatic heterocycles. The van der Waals surface area contributed by atoms with Gasteiger partial charge in [-0.2, -0.15) is 0 Å². The molecule has 0 aliphatic carbocycles. The molecule has 1 aromatic carbocycles. The molecule has 26 heavy (non-hydrogen) atoms. The van der Waals surface area contributed by atoms with Crippen molar-refractivity contribution in [3.8, 4) is 0 Å². The van der Waals surface area contributed by atoms with Crippen LogP contribution >= 0.6 is 23.4 Å². The van der Waals surface area contributed by atoms with E-state index in [1.54, 1.807) is 11.8 Å². The lowest BCUT2D eigenvalue weighted by molar-refractivity contribution is -0.0705. The third-order valence-corrected chi connectivity index (χ3v) is 6.39. The van der Waals surface area contributed by atoms with Crippen molar-refractivity contribution in [2.45, 2.75) is 50.5 Å². The van der Waals surface area contributed by atoms with Gasteiger partial charge in [0.1, 0.15) is 0 Å². The van der Waals surface area contributed by atoms with Crippen LogP contribution in [0.3, 0.4) is 0 Å². The Morgan fingerprint density at radius 3 is 2.77 bits per heavy atom. The summed E-state index contributed by atoms with van der Waals surface area (Å²) in [5, 5.41) is 4.63. The largest absolute Gasteiger partial charge is 0.375 e. The number of halogens is 1. The average Bonchev–Trinajstić information content (AvgIpc) is 2.91. The number of rotatable bonds is 2. The van der Waals surface area contributed by atoms with Crippen LogP contribution in [-0.4, -0.2) is 27.0 Å². The Balaban J connectivity index is 1.79. The van der Waals surface area contributed by atoms with Gasteiger partial charge in [-0.15, -0.1) is 0 Å². The second-order valence-corrected chi connectivity index (χ2v) is 9.22. The van der Waals surface area contributed by atoms with E-state index in [0.29, 0.717) is 11.6 Å². The number of hydrogen-bond acceptors (Lipinski definition) is 4. The first-order valence-electron chi connectivity index (χ1n) is 8.80. The molecular formula is C19H22ClN3O2S. The highest BCUT2D eigenvalue weighted by atomic mass is 35.5. The number of aliphatic imine (C=N–C) groups is 1. The molecule has 5 nitrogen and oxygen atoms in total. The fraction of sp³-hybridized carbons (Fsp3) is 0.474. The van der Waals surface area contributed by atoms with E-state index in [4.69, 9.17) is 21.3 Å². The number of benzene rings is 1. The number of aromatic amines is 1. The van der Waals surface area contributed by atoms with Gasteiger partial charge in [0.05, 0.1) is 27.5 Å². The molecule has 0 bridgehead atoms. The summed E-state index contributed by atoms with van der Waals surface area (Å²) in [5.41, 5.74) is 1.53. The Kier molecular flexibility index (Phi) is 4.53. The lowest BCUT2D eigenvalue weighted by Gasteiger charge is -2.36. The molecule has 0 saturated carbocycles. The molecule has 2 aliphatic rings. The maximum Gasteiger partial charge on any atom is 0.271 e. The molecule has 0 amide bonds. The second-order valence-electron chi connectivity index (χ2n) is 7.48. The molecule has 1 saturated heterocycles. The van der Waals surface area contributed by atoms with Gasteiger partial charge < -0.3 is 4.74 Å². The lowest BCUT2D eigenvalue weighted by atomic mass is 9.94. The summed E-state index contributed by atoms with van der Waals surface area (Å²) in [6.07, 6.45) is 1.71. The van der Waals surface area contributed by atoms with Crippen LogP contribution in [0.5, 0.6) is 0 Å². The highest BCUT2D eigenvalue weighted by Gasteiger charge is 2.35. The minimum absolute atomic E-state index is 0.0620. The zero-order chi connectivity index (χ0) is 18.5. The van der Waals surface area contributed by atoms with Crippen LogP contribution in [0.4, 0.5) is 5.82 Å². The van der Waals surface area contributed by atoms with Gasteiger partial charge in [-0.1, -0.05) is 35.5 Å². The van der Waals surface area contributed by atoms with Crippen LogP contribution in [0.1, 0.15) is 56.0 Å². The zero-order valence-corrected chi connectivity index (χ0v) is 16.7. The number of nitrogens with zero attached hydrogens (tertiary/aromatic N) is 2. The monoisotopic (exact) mass is 391 g/mol. The number of ether oxygens (including phenoxy) is 1. The number of aromatic nitrogens is 2.